The Balaban J connectivity index is 1.82. The minimum absolute atomic E-state index is 0.149. The van der Waals surface area contributed by atoms with Gasteiger partial charge in [0, 0.05) is 28.4 Å². The molecule has 154 valence electrons. The molecule has 1 aliphatic heterocycles. The largest absolute Gasteiger partial charge is 0.444 e. The monoisotopic (exact) mass is 422 g/mol. The minimum atomic E-state index is -0.515. The zero-order valence-corrected chi connectivity index (χ0v) is 19.1. The van der Waals surface area contributed by atoms with E-state index in [1.165, 1.54) is 11.1 Å². The molecule has 0 radical (unpaired) electrons. The number of dihydropyridines is 1. The van der Waals surface area contributed by atoms with E-state index in [0.717, 1.165) is 10.7 Å². The second kappa shape index (κ2) is 9.27. The molecule has 0 spiro atoms. The van der Waals surface area contributed by atoms with Gasteiger partial charge in [0.25, 0.3) is 0 Å². The standard InChI is InChI=1S/C22H31ClN2O2S/c1-21(2,3)16-9-7-15(8-10-16)14-28-17-11-18(23)19(24-12-17)13-25-20(26)27-22(4,5)6/h7-12,19,24H,13-14H2,1-6H3,(H,25,26). The number of thioether (sulfide) groups is 1. The van der Waals surface area contributed by atoms with E-state index in [1.807, 2.05) is 33.0 Å². The predicted molar refractivity (Wildman–Crippen MR) is 120 cm³/mol. The van der Waals surface area contributed by atoms with Gasteiger partial charge in [-0.25, -0.2) is 4.79 Å². The first kappa shape index (κ1) is 22.7. The van der Waals surface area contributed by atoms with Gasteiger partial charge in [-0.2, -0.15) is 0 Å². The van der Waals surface area contributed by atoms with E-state index >= 15 is 0 Å². The smallest absolute Gasteiger partial charge is 0.407 e. The van der Waals surface area contributed by atoms with Crippen LogP contribution in [0, 0.1) is 0 Å². The summed E-state index contributed by atoms with van der Waals surface area (Å²) < 4.78 is 5.24. The molecular formula is C22H31ClN2O2S. The maximum Gasteiger partial charge on any atom is 0.407 e. The van der Waals surface area contributed by atoms with Crippen molar-refractivity contribution in [2.75, 3.05) is 6.54 Å². The fourth-order valence-electron chi connectivity index (χ4n) is 2.55. The third-order valence-corrected chi connectivity index (χ3v) is 5.53. The highest BCUT2D eigenvalue weighted by Gasteiger charge is 2.20. The zero-order chi connectivity index (χ0) is 20.9. The lowest BCUT2D eigenvalue weighted by Crippen LogP contribution is -2.42. The second-order valence-corrected chi connectivity index (χ2v) is 10.4. The Morgan fingerprint density at radius 1 is 1.18 bits per heavy atom. The summed E-state index contributed by atoms with van der Waals surface area (Å²) in [5.74, 6) is 0.874. The van der Waals surface area contributed by atoms with Crippen LogP contribution in [0.3, 0.4) is 0 Å². The number of alkyl carbamates (subject to hydrolysis) is 1. The number of amides is 1. The number of halogens is 1. The molecule has 1 amide bonds. The van der Waals surface area contributed by atoms with E-state index in [4.69, 9.17) is 16.3 Å². The number of allylic oxidation sites excluding steroid dienone is 1. The summed E-state index contributed by atoms with van der Waals surface area (Å²) in [6, 6.07) is 8.62. The number of hydrogen-bond acceptors (Lipinski definition) is 4. The van der Waals surface area contributed by atoms with E-state index in [2.05, 4.69) is 55.7 Å². The van der Waals surface area contributed by atoms with Crippen molar-refractivity contribution < 1.29 is 9.53 Å². The summed E-state index contributed by atoms with van der Waals surface area (Å²) in [5, 5.41) is 6.66. The Labute approximate surface area is 178 Å². The van der Waals surface area contributed by atoms with Crippen molar-refractivity contribution in [2.45, 2.75) is 64.4 Å². The topological polar surface area (TPSA) is 50.4 Å². The molecule has 1 aliphatic rings. The van der Waals surface area contributed by atoms with E-state index in [0.29, 0.717) is 11.6 Å². The van der Waals surface area contributed by atoms with E-state index < -0.39 is 11.7 Å². The molecular weight excluding hydrogens is 392 g/mol. The van der Waals surface area contributed by atoms with Crippen molar-refractivity contribution in [3.05, 3.63) is 57.6 Å². The van der Waals surface area contributed by atoms with Gasteiger partial charge in [0.2, 0.25) is 0 Å². The summed E-state index contributed by atoms with van der Waals surface area (Å²) in [5.41, 5.74) is 2.26. The molecule has 0 aromatic heterocycles. The minimum Gasteiger partial charge on any atom is -0.444 e. The maximum absolute atomic E-state index is 11.8. The van der Waals surface area contributed by atoms with Crippen molar-refractivity contribution in [3.63, 3.8) is 0 Å². The first-order chi connectivity index (χ1) is 12.9. The van der Waals surface area contributed by atoms with Gasteiger partial charge < -0.3 is 15.4 Å². The molecule has 1 heterocycles. The van der Waals surface area contributed by atoms with Crippen molar-refractivity contribution >= 4 is 29.5 Å². The highest BCUT2D eigenvalue weighted by molar-refractivity contribution is 8.02. The highest BCUT2D eigenvalue weighted by atomic mass is 35.5. The maximum atomic E-state index is 11.8. The van der Waals surface area contributed by atoms with Crippen LogP contribution in [0.4, 0.5) is 4.79 Å². The summed E-state index contributed by atoms with van der Waals surface area (Å²) in [4.78, 5) is 12.8. The van der Waals surface area contributed by atoms with Crippen LogP contribution < -0.4 is 10.6 Å². The van der Waals surface area contributed by atoms with Crippen molar-refractivity contribution in [3.8, 4) is 0 Å². The van der Waals surface area contributed by atoms with Gasteiger partial charge >= 0.3 is 6.09 Å². The molecule has 28 heavy (non-hydrogen) atoms. The lowest BCUT2D eigenvalue weighted by Gasteiger charge is -2.24. The molecule has 6 heteroatoms. The molecule has 0 aliphatic carbocycles. The highest BCUT2D eigenvalue weighted by Crippen LogP contribution is 2.29. The molecule has 0 saturated carbocycles. The molecule has 1 aromatic carbocycles. The van der Waals surface area contributed by atoms with Gasteiger partial charge in [0.1, 0.15) is 5.60 Å². The number of ether oxygens (including phenoxy) is 1. The van der Waals surface area contributed by atoms with Crippen LogP contribution in [0.25, 0.3) is 0 Å². The molecule has 1 atom stereocenters. The number of benzene rings is 1. The Morgan fingerprint density at radius 2 is 1.82 bits per heavy atom. The molecule has 1 unspecified atom stereocenters. The van der Waals surface area contributed by atoms with Gasteiger partial charge in [-0.05, 0) is 43.4 Å². The van der Waals surface area contributed by atoms with Crippen LogP contribution in [0.1, 0.15) is 52.7 Å². The van der Waals surface area contributed by atoms with Gasteiger partial charge in [0.05, 0.1) is 6.04 Å². The van der Waals surface area contributed by atoms with Crippen LogP contribution in [0.2, 0.25) is 0 Å². The van der Waals surface area contributed by atoms with Gasteiger partial charge in [-0.1, -0.05) is 56.6 Å². The summed E-state index contributed by atoms with van der Waals surface area (Å²) in [6.07, 6.45) is 3.46. The number of carbonyl (C=O) groups excluding carboxylic acids is 1. The third kappa shape index (κ3) is 7.44. The molecule has 4 nitrogen and oxygen atoms in total. The number of hydrogen-bond donors (Lipinski definition) is 2. The summed E-state index contributed by atoms with van der Waals surface area (Å²) in [7, 11) is 0. The van der Waals surface area contributed by atoms with Crippen LogP contribution in [-0.4, -0.2) is 24.3 Å². The fourth-order valence-corrected chi connectivity index (χ4v) is 3.76. The van der Waals surface area contributed by atoms with E-state index in [-0.39, 0.29) is 11.5 Å². The molecule has 0 fully saturated rings. The summed E-state index contributed by atoms with van der Waals surface area (Å²) in [6.45, 7) is 12.5. The molecule has 2 rings (SSSR count). The van der Waals surface area contributed by atoms with Crippen molar-refractivity contribution in [1.82, 2.24) is 10.6 Å². The Hall–Kier alpha value is -1.59. The van der Waals surface area contributed by atoms with E-state index in [1.54, 1.807) is 11.8 Å². The van der Waals surface area contributed by atoms with Gasteiger partial charge in [-0.15, -0.1) is 11.8 Å². The predicted octanol–water partition coefficient (Wildman–Crippen LogP) is 5.68. The average Bonchev–Trinajstić information content (AvgIpc) is 2.57. The summed E-state index contributed by atoms with van der Waals surface area (Å²) >= 11 is 8.13. The molecule has 0 bridgehead atoms. The van der Waals surface area contributed by atoms with Gasteiger partial charge in [-0.3, -0.25) is 0 Å². The molecule has 1 aromatic rings. The number of carbonyl (C=O) groups is 1. The quantitative estimate of drug-likeness (QED) is 0.641. The Morgan fingerprint density at radius 3 is 2.36 bits per heavy atom. The first-order valence-corrected chi connectivity index (χ1v) is 10.8. The lowest BCUT2D eigenvalue weighted by atomic mass is 9.87. The Bertz CT molecular complexity index is 743. The van der Waals surface area contributed by atoms with Crippen LogP contribution in [0.5, 0.6) is 0 Å². The number of rotatable bonds is 5. The number of nitrogens with one attached hydrogen (secondary N) is 2. The SMILES string of the molecule is CC(C)(C)OC(=O)NCC1NC=C(SCc2ccc(C(C)(C)C)cc2)C=C1Cl. The average molecular weight is 423 g/mol. The van der Waals surface area contributed by atoms with Crippen LogP contribution in [-0.2, 0) is 15.9 Å². The van der Waals surface area contributed by atoms with Crippen molar-refractivity contribution in [1.29, 1.82) is 0 Å². The Kier molecular flexibility index (Phi) is 7.52. The first-order valence-electron chi connectivity index (χ1n) is 9.46. The lowest BCUT2D eigenvalue weighted by molar-refractivity contribution is 0.0525. The molecule has 0 saturated heterocycles. The zero-order valence-electron chi connectivity index (χ0n) is 17.6. The van der Waals surface area contributed by atoms with E-state index in [9.17, 15) is 4.79 Å². The van der Waals surface area contributed by atoms with Gasteiger partial charge in [0.15, 0.2) is 0 Å². The van der Waals surface area contributed by atoms with Crippen molar-refractivity contribution in [2.24, 2.45) is 0 Å². The van der Waals surface area contributed by atoms with Crippen LogP contribution in [0.15, 0.2) is 46.5 Å². The molecule has 2 N–H and O–H groups in total. The third-order valence-electron chi connectivity index (χ3n) is 4.11. The fraction of sp³-hybridized carbons (Fsp3) is 0.500. The second-order valence-electron chi connectivity index (χ2n) is 8.91. The van der Waals surface area contributed by atoms with Crippen LogP contribution >= 0.6 is 23.4 Å². The normalized spacial score (nSPS) is 17.3.